The summed E-state index contributed by atoms with van der Waals surface area (Å²) >= 11 is 0. The van der Waals surface area contributed by atoms with Gasteiger partial charge < -0.3 is 9.47 Å². The molecule has 1 atom stereocenters. The molecule has 0 unspecified atom stereocenters. The van der Waals surface area contributed by atoms with Crippen molar-refractivity contribution < 1.29 is 14.3 Å². The summed E-state index contributed by atoms with van der Waals surface area (Å²) in [6.45, 7) is 0. The van der Waals surface area contributed by atoms with Gasteiger partial charge in [0.25, 0.3) is 0 Å². The molecule has 0 bridgehead atoms. The van der Waals surface area contributed by atoms with Gasteiger partial charge >= 0.3 is 0 Å². The number of hydroxylamine groups is 1. The third kappa shape index (κ3) is 3.82. The van der Waals surface area contributed by atoms with Gasteiger partial charge in [-0.15, -0.1) is 0 Å². The summed E-state index contributed by atoms with van der Waals surface area (Å²) < 4.78 is 11.5. The van der Waals surface area contributed by atoms with Gasteiger partial charge in [-0.2, -0.15) is 0 Å². The molecule has 4 rings (SSSR count). The SMILES string of the molecule is C1=C(Oc2ccccc2)NO[C@@H]1c1ccc(Oc2ccccc2)cc1. The fourth-order valence-corrected chi connectivity index (χ4v) is 2.51. The number of para-hydroxylation sites is 2. The van der Waals surface area contributed by atoms with Gasteiger partial charge in [-0.1, -0.05) is 48.5 Å². The molecule has 25 heavy (non-hydrogen) atoms. The number of benzene rings is 3. The van der Waals surface area contributed by atoms with E-state index >= 15 is 0 Å². The summed E-state index contributed by atoms with van der Waals surface area (Å²) in [6, 6.07) is 27.1. The average molecular weight is 331 g/mol. The van der Waals surface area contributed by atoms with Gasteiger partial charge in [0.15, 0.2) is 0 Å². The van der Waals surface area contributed by atoms with Crippen molar-refractivity contribution >= 4 is 0 Å². The first-order valence-electron chi connectivity index (χ1n) is 8.06. The van der Waals surface area contributed by atoms with Crippen LogP contribution in [0.5, 0.6) is 17.2 Å². The van der Waals surface area contributed by atoms with Crippen LogP contribution in [0.15, 0.2) is 96.9 Å². The van der Waals surface area contributed by atoms with Crippen molar-refractivity contribution in [1.29, 1.82) is 0 Å². The van der Waals surface area contributed by atoms with Crippen LogP contribution in [0.4, 0.5) is 0 Å². The fraction of sp³-hybridized carbons (Fsp3) is 0.0476. The normalized spacial score (nSPS) is 16.0. The third-order valence-electron chi connectivity index (χ3n) is 3.75. The Morgan fingerprint density at radius 1 is 0.640 bits per heavy atom. The summed E-state index contributed by atoms with van der Waals surface area (Å²) in [4.78, 5) is 5.57. The molecule has 4 nitrogen and oxygen atoms in total. The van der Waals surface area contributed by atoms with E-state index in [0.29, 0.717) is 5.88 Å². The molecule has 3 aromatic carbocycles. The second-order valence-electron chi connectivity index (χ2n) is 5.57. The predicted molar refractivity (Wildman–Crippen MR) is 95.1 cm³/mol. The summed E-state index contributed by atoms with van der Waals surface area (Å²) in [5, 5.41) is 0. The van der Waals surface area contributed by atoms with Gasteiger partial charge in [0.05, 0.1) is 0 Å². The van der Waals surface area contributed by atoms with Gasteiger partial charge in [0.2, 0.25) is 5.88 Å². The van der Waals surface area contributed by atoms with Crippen LogP contribution in [0, 0.1) is 0 Å². The number of hydrogen-bond donors (Lipinski definition) is 1. The summed E-state index contributed by atoms with van der Waals surface area (Å²) in [6.07, 6.45) is 1.70. The van der Waals surface area contributed by atoms with Crippen molar-refractivity contribution in [2.45, 2.75) is 6.10 Å². The Morgan fingerprint density at radius 2 is 1.20 bits per heavy atom. The maximum absolute atomic E-state index is 5.80. The largest absolute Gasteiger partial charge is 0.457 e. The highest BCUT2D eigenvalue weighted by Gasteiger charge is 2.19. The smallest absolute Gasteiger partial charge is 0.216 e. The molecule has 4 heteroatoms. The van der Waals surface area contributed by atoms with Crippen molar-refractivity contribution in [1.82, 2.24) is 5.48 Å². The maximum atomic E-state index is 5.80. The Hall–Kier alpha value is -3.24. The molecule has 0 fully saturated rings. The Kier molecular flexibility index (Phi) is 4.35. The average Bonchev–Trinajstić information content (AvgIpc) is 3.12. The van der Waals surface area contributed by atoms with Crippen molar-refractivity contribution in [3.8, 4) is 17.2 Å². The van der Waals surface area contributed by atoms with Crippen molar-refractivity contribution in [3.63, 3.8) is 0 Å². The minimum Gasteiger partial charge on any atom is -0.457 e. The maximum Gasteiger partial charge on any atom is 0.216 e. The second kappa shape index (κ2) is 7.11. The minimum absolute atomic E-state index is 0.204. The first kappa shape index (κ1) is 15.3. The van der Waals surface area contributed by atoms with Crippen LogP contribution in [0.25, 0.3) is 0 Å². The van der Waals surface area contributed by atoms with Crippen LogP contribution >= 0.6 is 0 Å². The molecular weight excluding hydrogens is 314 g/mol. The molecular formula is C21H17NO3. The van der Waals surface area contributed by atoms with Crippen molar-refractivity contribution in [3.05, 3.63) is 102 Å². The zero-order valence-corrected chi connectivity index (χ0v) is 13.5. The van der Waals surface area contributed by atoms with Crippen LogP contribution < -0.4 is 15.0 Å². The topological polar surface area (TPSA) is 39.7 Å². The molecule has 1 N–H and O–H groups in total. The van der Waals surface area contributed by atoms with Gasteiger partial charge in [-0.25, -0.2) is 5.48 Å². The van der Waals surface area contributed by atoms with Crippen molar-refractivity contribution in [2.24, 2.45) is 0 Å². The molecule has 0 saturated carbocycles. The molecule has 3 aromatic rings. The molecule has 1 heterocycles. The summed E-state index contributed by atoms with van der Waals surface area (Å²) in [5.74, 6) is 2.94. The molecule has 0 aromatic heterocycles. The zero-order valence-electron chi connectivity index (χ0n) is 13.5. The molecule has 0 spiro atoms. The quantitative estimate of drug-likeness (QED) is 0.716. The van der Waals surface area contributed by atoms with E-state index in [2.05, 4.69) is 5.48 Å². The number of rotatable bonds is 5. The molecule has 1 aliphatic rings. The molecule has 124 valence electrons. The van der Waals surface area contributed by atoms with E-state index in [-0.39, 0.29) is 6.10 Å². The van der Waals surface area contributed by atoms with Crippen LogP contribution in [-0.4, -0.2) is 0 Å². The lowest BCUT2D eigenvalue weighted by molar-refractivity contribution is 0.0273. The monoisotopic (exact) mass is 331 g/mol. The van der Waals surface area contributed by atoms with E-state index in [4.69, 9.17) is 14.3 Å². The first-order valence-corrected chi connectivity index (χ1v) is 8.06. The summed E-state index contributed by atoms with van der Waals surface area (Å²) in [5.41, 5.74) is 3.83. The van der Waals surface area contributed by atoms with Gasteiger partial charge in [-0.3, -0.25) is 4.84 Å². The Bertz CT molecular complexity index is 845. The summed E-state index contributed by atoms with van der Waals surface area (Å²) in [7, 11) is 0. The second-order valence-corrected chi connectivity index (χ2v) is 5.57. The zero-order chi connectivity index (χ0) is 16.9. The van der Waals surface area contributed by atoms with E-state index in [1.807, 2.05) is 91.0 Å². The molecule has 0 amide bonds. The third-order valence-corrected chi connectivity index (χ3v) is 3.75. The van der Waals surface area contributed by atoms with E-state index in [0.717, 1.165) is 22.8 Å². The lowest BCUT2D eigenvalue weighted by Crippen LogP contribution is -2.12. The Balaban J connectivity index is 1.42. The van der Waals surface area contributed by atoms with Gasteiger partial charge in [0.1, 0.15) is 23.4 Å². The van der Waals surface area contributed by atoms with E-state index < -0.39 is 0 Å². The number of hydrogen-bond acceptors (Lipinski definition) is 4. The molecule has 0 saturated heterocycles. The number of ether oxygens (including phenoxy) is 2. The highest BCUT2D eigenvalue weighted by molar-refractivity contribution is 5.35. The van der Waals surface area contributed by atoms with Gasteiger partial charge in [-0.05, 0) is 42.0 Å². The van der Waals surface area contributed by atoms with Crippen molar-refractivity contribution in [2.75, 3.05) is 0 Å². The van der Waals surface area contributed by atoms with Gasteiger partial charge in [0, 0.05) is 6.08 Å². The number of nitrogens with one attached hydrogen (secondary N) is 1. The van der Waals surface area contributed by atoms with Crippen LogP contribution in [-0.2, 0) is 4.84 Å². The van der Waals surface area contributed by atoms with Crippen LogP contribution in [0.1, 0.15) is 11.7 Å². The predicted octanol–water partition coefficient (Wildman–Crippen LogP) is 4.98. The van der Waals surface area contributed by atoms with E-state index in [1.165, 1.54) is 0 Å². The van der Waals surface area contributed by atoms with Crippen LogP contribution in [0.2, 0.25) is 0 Å². The highest BCUT2D eigenvalue weighted by Crippen LogP contribution is 2.28. The Morgan fingerprint density at radius 3 is 1.84 bits per heavy atom. The lowest BCUT2D eigenvalue weighted by Gasteiger charge is -2.09. The standard InChI is InChI=1S/C21H17NO3/c1-3-7-17(8-4-1)23-19-13-11-16(12-14-19)20-15-21(22-25-20)24-18-9-5-2-6-10-18/h1-15,20,22H/t20-/m0/s1. The molecule has 1 aliphatic heterocycles. The lowest BCUT2D eigenvalue weighted by atomic mass is 10.1. The highest BCUT2D eigenvalue weighted by atomic mass is 16.7. The molecule has 0 aliphatic carbocycles. The minimum atomic E-state index is -0.204. The van der Waals surface area contributed by atoms with Crippen LogP contribution in [0.3, 0.4) is 0 Å². The Labute approximate surface area is 146 Å². The first-order chi connectivity index (χ1) is 12.4. The fourth-order valence-electron chi connectivity index (χ4n) is 2.51. The molecule has 0 radical (unpaired) electrons. The van der Waals surface area contributed by atoms with E-state index in [9.17, 15) is 0 Å². The van der Waals surface area contributed by atoms with E-state index in [1.54, 1.807) is 0 Å².